The summed E-state index contributed by atoms with van der Waals surface area (Å²) in [5, 5.41) is 0.895. The van der Waals surface area contributed by atoms with Crippen molar-refractivity contribution in [2.24, 2.45) is 0 Å². The summed E-state index contributed by atoms with van der Waals surface area (Å²) in [4.78, 5) is 11.3. The van der Waals surface area contributed by atoms with Crippen molar-refractivity contribution in [3.05, 3.63) is 33.3 Å². The first kappa shape index (κ1) is 12.3. The van der Waals surface area contributed by atoms with Crippen LogP contribution in [-0.2, 0) is 16.0 Å². The largest absolute Gasteiger partial charge is 0.466 e. The van der Waals surface area contributed by atoms with Gasteiger partial charge >= 0.3 is 5.97 Å². The predicted octanol–water partition coefficient (Wildman–Crippen LogP) is 3.41. The molecular weight excluding hydrogens is 235 g/mol. The number of aryl methyl sites for hydroxylation is 1. The first-order chi connectivity index (χ1) is 7.04. The van der Waals surface area contributed by atoms with E-state index in [-0.39, 0.29) is 12.4 Å². The van der Waals surface area contributed by atoms with Crippen molar-refractivity contribution in [2.45, 2.75) is 20.3 Å². The summed E-state index contributed by atoms with van der Waals surface area (Å²) in [6, 6.07) is 3.60. The lowest BCUT2D eigenvalue weighted by molar-refractivity contribution is -0.142. The Hall–Kier alpha value is -0.730. The molecule has 4 heteroatoms. The van der Waals surface area contributed by atoms with E-state index in [1.165, 1.54) is 0 Å². The van der Waals surface area contributed by atoms with E-state index in [1.54, 1.807) is 13.0 Å². The maximum atomic E-state index is 11.3. The van der Waals surface area contributed by atoms with Gasteiger partial charge in [-0.1, -0.05) is 29.3 Å². The van der Waals surface area contributed by atoms with Gasteiger partial charge in [-0.2, -0.15) is 0 Å². The number of carbonyl (C=O) groups is 1. The monoisotopic (exact) mass is 246 g/mol. The van der Waals surface area contributed by atoms with Gasteiger partial charge in [0.2, 0.25) is 0 Å². The van der Waals surface area contributed by atoms with E-state index < -0.39 is 0 Å². The topological polar surface area (TPSA) is 26.3 Å². The van der Waals surface area contributed by atoms with E-state index in [1.807, 2.05) is 13.0 Å². The van der Waals surface area contributed by atoms with Crippen LogP contribution >= 0.6 is 23.2 Å². The molecule has 1 aromatic carbocycles. The SMILES string of the molecule is CCOC(=O)Cc1cc(C)cc(Cl)c1Cl. The number of benzene rings is 1. The van der Waals surface area contributed by atoms with Crippen LogP contribution in [0.25, 0.3) is 0 Å². The van der Waals surface area contributed by atoms with E-state index in [4.69, 9.17) is 27.9 Å². The van der Waals surface area contributed by atoms with Crippen LogP contribution in [0, 0.1) is 6.92 Å². The molecule has 82 valence electrons. The van der Waals surface area contributed by atoms with Gasteiger partial charge in [0.15, 0.2) is 0 Å². The van der Waals surface area contributed by atoms with Crippen molar-refractivity contribution < 1.29 is 9.53 Å². The molecule has 0 spiro atoms. The molecule has 0 radical (unpaired) electrons. The average Bonchev–Trinajstić information content (AvgIpc) is 2.13. The number of hydrogen-bond donors (Lipinski definition) is 0. The Balaban J connectivity index is 2.89. The lowest BCUT2D eigenvalue weighted by Gasteiger charge is -2.07. The molecule has 0 amide bonds. The summed E-state index contributed by atoms with van der Waals surface area (Å²) in [7, 11) is 0. The molecule has 0 heterocycles. The van der Waals surface area contributed by atoms with Crippen molar-refractivity contribution in [3.8, 4) is 0 Å². The molecule has 0 fully saturated rings. The first-order valence-corrected chi connectivity index (χ1v) is 5.40. The zero-order chi connectivity index (χ0) is 11.4. The van der Waals surface area contributed by atoms with Crippen molar-refractivity contribution >= 4 is 29.2 Å². The summed E-state index contributed by atoms with van der Waals surface area (Å²) >= 11 is 11.9. The molecule has 0 atom stereocenters. The minimum atomic E-state index is -0.291. The Labute approximate surface area is 99.1 Å². The Bertz CT molecular complexity index is 375. The number of halogens is 2. The van der Waals surface area contributed by atoms with Crippen molar-refractivity contribution in [1.82, 2.24) is 0 Å². The van der Waals surface area contributed by atoms with E-state index in [9.17, 15) is 4.79 Å². The summed E-state index contributed by atoms with van der Waals surface area (Å²) in [5.74, 6) is -0.291. The average molecular weight is 247 g/mol. The van der Waals surface area contributed by atoms with Gasteiger partial charge < -0.3 is 4.74 Å². The predicted molar refractivity (Wildman–Crippen MR) is 61.5 cm³/mol. The second-order valence-corrected chi connectivity index (χ2v) is 3.99. The van der Waals surface area contributed by atoms with Gasteiger partial charge in [0.25, 0.3) is 0 Å². The highest BCUT2D eigenvalue weighted by atomic mass is 35.5. The van der Waals surface area contributed by atoms with Gasteiger partial charge in [-0.05, 0) is 31.0 Å². The zero-order valence-electron chi connectivity index (χ0n) is 8.64. The molecule has 1 aromatic rings. The molecule has 0 saturated heterocycles. The number of rotatable bonds is 3. The summed E-state index contributed by atoms with van der Waals surface area (Å²) in [6.07, 6.45) is 0.161. The van der Waals surface area contributed by atoms with E-state index >= 15 is 0 Å². The maximum Gasteiger partial charge on any atom is 0.310 e. The second kappa shape index (κ2) is 5.38. The Morgan fingerprint density at radius 1 is 1.40 bits per heavy atom. The maximum absolute atomic E-state index is 11.3. The van der Waals surface area contributed by atoms with Crippen LogP contribution in [0.4, 0.5) is 0 Å². The summed E-state index contributed by atoms with van der Waals surface area (Å²) in [5.41, 5.74) is 1.68. The van der Waals surface area contributed by atoms with Crippen molar-refractivity contribution in [1.29, 1.82) is 0 Å². The van der Waals surface area contributed by atoms with Gasteiger partial charge in [0.1, 0.15) is 0 Å². The van der Waals surface area contributed by atoms with Crippen molar-refractivity contribution in [2.75, 3.05) is 6.61 Å². The van der Waals surface area contributed by atoms with Crippen LogP contribution in [0.2, 0.25) is 10.0 Å². The van der Waals surface area contributed by atoms with E-state index in [2.05, 4.69) is 0 Å². The molecule has 0 aliphatic rings. The molecule has 0 unspecified atom stereocenters. The zero-order valence-corrected chi connectivity index (χ0v) is 10.2. The molecule has 0 aromatic heterocycles. The molecule has 0 aliphatic heterocycles. The van der Waals surface area contributed by atoms with Crippen LogP contribution in [0.1, 0.15) is 18.1 Å². The van der Waals surface area contributed by atoms with Crippen LogP contribution < -0.4 is 0 Å². The molecule has 2 nitrogen and oxygen atoms in total. The number of ether oxygens (including phenoxy) is 1. The molecule has 0 N–H and O–H groups in total. The fourth-order valence-electron chi connectivity index (χ4n) is 1.29. The third kappa shape index (κ3) is 3.40. The van der Waals surface area contributed by atoms with Gasteiger partial charge in [0.05, 0.1) is 23.1 Å². The van der Waals surface area contributed by atoms with Crippen LogP contribution in [0.15, 0.2) is 12.1 Å². The highest BCUT2D eigenvalue weighted by molar-refractivity contribution is 6.42. The number of carbonyl (C=O) groups excluding carboxylic acids is 1. The van der Waals surface area contributed by atoms with Gasteiger partial charge in [0, 0.05) is 0 Å². The normalized spacial score (nSPS) is 10.1. The molecule has 0 saturated carbocycles. The third-order valence-electron chi connectivity index (χ3n) is 1.89. The van der Waals surface area contributed by atoms with Crippen LogP contribution in [-0.4, -0.2) is 12.6 Å². The standard InChI is InChI=1S/C11H12Cl2O2/c1-3-15-10(14)6-8-4-7(2)5-9(12)11(8)13/h4-5H,3,6H2,1-2H3. The second-order valence-electron chi connectivity index (χ2n) is 3.20. The van der Waals surface area contributed by atoms with Gasteiger partial charge in [-0.3, -0.25) is 4.79 Å². The quantitative estimate of drug-likeness (QED) is 0.765. The minimum absolute atomic E-state index is 0.161. The molecular formula is C11H12Cl2O2. The highest BCUT2D eigenvalue weighted by Gasteiger charge is 2.10. The smallest absolute Gasteiger partial charge is 0.310 e. The Morgan fingerprint density at radius 2 is 2.07 bits per heavy atom. The summed E-state index contributed by atoms with van der Waals surface area (Å²) in [6.45, 7) is 4.04. The number of esters is 1. The van der Waals surface area contributed by atoms with Crippen LogP contribution in [0.5, 0.6) is 0 Å². The lowest BCUT2D eigenvalue weighted by Crippen LogP contribution is -2.08. The fourth-order valence-corrected chi connectivity index (χ4v) is 1.76. The Kier molecular flexibility index (Phi) is 4.43. The fraction of sp³-hybridized carbons (Fsp3) is 0.364. The first-order valence-electron chi connectivity index (χ1n) is 4.64. The summed E-state index contributed by atoms with van der Waals surface area (Å²) < 4.78 is 4.84. The van der Waals surface area contributed by atoms with E-state index in [0.29, 0.717) is 22.2 Å². The number of hydrogen-bond acceptors (Lipinski definition) is 2. The van der Waals surface area contributed by atoms with Crippen LogP contribution in [0.3, 0.4) is 0 Å². The third-order valence-corrected chi connectivity index (χ3v) is 2.73. The lowest BCUT2D eigenvalue weighted by atomic mass is 10.1. The minimum Gasteiger partial charge on any atom is -0.466 e. The van der Waals surface area contributed by atoms with E-state index in [0.717, 1.165) is 5.56 Å². The van der Waals surface area contributed by atoms with Gasteiger partial charge in [-0.25, -0.2) is 0 Å². The molecule has 0 bridgehead atoms. The van der Waals surface area contributed by atoms with Gasteiger partial charge in [-0.15, -0.1) is 0 Å². The van der Waals surface area contributed by atoms with Crippen molar-refractivity contribution in [3.63, 3.8) is 0 Å². The molecule has 1 rings (SSSR count). The molecule has 0 aliphatic carbocycles. The highest BCUT2D eigenvalue weighted by Crippen LogP contribution is 2.27. The molecule has 15 heavy (non-hydrogen) atoms. The Morgan fingerprint density at radius 3 is 2.67 bits per heavy atom.